The molecule has 4 nitrogen and oxygen atoms in total. The molecule has 0 unspecified atom stereocenters. The normalized spacial score (nSPS) is 10.5. The van der Waals surface area contributed by atoms with Crippen molar-refractivity contribution in [3.8, 4) is 0 Å². The zero-order chi connectivity index (χ0) is 6.97. The number of aromatic amines is 1. The van der Waals surface area contributed by atoms with Gasteiger partial charge in [0.05, 0.1) is 0 Å². The molecule has 50 valence electrons. The Hall–Kier alpha value is -0.970. The van der Waals surface area contributed by atoms with Crippen molar-refractivity contribution in [2.45, 2.75) is 0 Å². The van der Waals surface area contributed by atoms with Crippen molar-refractivity contribution in [1.82, 2.24) is 20.4 Å². The van der Waals surface area contributed by atoms with E-state index in [9.17, 15) is 0 Å². The van der Waals surface area contributed by atoms with Crippen LogP contribution in [0.5, 0.6) is 0 Å². The van der Waals surface area contributed by atoms with Gasteiger partial charge in [-0.2, -0.15) is 0 Å². The van der Waals surface area contributed by atoms with Gasteiger partial charge in [0.1, 0.15) is 11.0 Å². The third kappa shape index (κ3) is 0.706. The SMILES string of the molecule is Brc1nnnc2cc[nH]c12. The summed E-state index contributed by atoms with van der Waals surface area (Å²) in [4.78, 5) is 2.98. The average molecular weight is 199 g/mol. The van der Waals surface area contributed by atoms with Crippen LogP contribution in [0.25, 0.3) is 11.0 Å². The largest absolute Gasteiger partial charge is 0.358 e. The maximum atomic E-state index is 3.78. The molecule has 0 spiro atoms. The van der Waals surface area contributed by atoms with Gasteiger partial charge in [-0.1, -0.05) is 0 Å². The number of hydrogen-bond donors (Lipinski definition) is 1. The number of nitrogens with one attached hydrogen (secondary N) is 1. The van der Waals surface area contributed by atoms with E-state index in [2.05, 4.69) is 36.3 Å². The maximum Gasteiger partial charge on any atom is 0.156 e. The second kappa shape index (κ2) is 2.02. The Morgan fingerprint density at radius 1 is 1.40 bits per heavy atom. The third-order valence-electron chi connectivity index (χ3n) is 1.22. The highest BCUT2D eigenvalue weighted by molar-refractivity contribution is 9.10. The summed E-state index contributed by atoms with van der Waals surface area (Å²) in [5.74, 6) is 0. The minimum atomic E-state index is 0.697. The summed E-state index contributed by atoms with van der Waals surface area (Å²) >= 11 is 3.23. The third-order valence-corrected chi connectivity index (χ3v) is 1.77. The summed E-state index contributed by atoms with van der Waals surface area (Å²) in [5, 5.41) is 11.0. The zero-order valence-corrected chi connectivity index (χ0v) is 6.46. The molecule has 0 saturated carbocycles. The molecule has 2 aromatic rings. The minimum absolute atomic E-state index is 0.697. The molecule has 2 aromatic heterocycles. The predicted molar refractivity (Wildman–Crippen MR) is 39.4 cm³/mol. The number of nitrogens with zero attached hydrogens (tertiary/aromatic N) is 3. The fourth-order valence-electron chi connectivity index (χ4n) is 0.770. The van der Waals surface area contributed by atoms with Crippen LogP contribution in [0.1, 0.15) is 0 Å². The van der Waals surface area contributed by atoms with Crippen molar-refractivity contribution in [2.75, 3.05) is 0 Å². The number of halogens is 1. The zero-order valence-electron chi connectivity index (χ0n) is 4.87. The van der Waals surface area contributed by atoms with Crippen LogP contribution in [0.15, 0.2) is 16.9 Å². The smallest absolute Gasteiger partial charge is 0.156 e. The maximum absolute atomic E-state index is 3.78. The van der Waals surface area contributed by atoms with Gasteiger partial charge in [0, 0.05) is 6.20 Å². The Bertz CT molecular complexity index is 355. The summed E-state index contributed by atoms with van der Waals surface area (Å²) in [5.41, 5.74) is 1.71. The molecule has 10 heavy (non-hydrogen) atoms. The topological polar surface area (TPSA) is 54.5 Å². The van der Waals surface area contributed by atoms with E-state index >= 15 is 0 Å². The fraction of sp³-hybridized carbons (Fsp3) is 0. The van der Waals surface area contributed by atoms with E-state index in [4.69, 9.17) is 0 Å². The van der Waals surface area contributed by atoms with E-state index in [1.807, 2.05) is 6.07 Å². The lowest BCUT2D eigenvalue weighted by atomic mass is 10.5. The van der Waals surface area contributed by atoms with Gasteiger partial charge in [-0.25, -0.2) is 0 Å². The van der Waals surface area contributed by atoms with E-state index in [0.717, 1.165) is 11.0 Å². The molecule has 0 bridgehead atoms. The van der Waals surface area contributed by atoms with Crippen LogP contribution in [0.4, 0.5) is 0 Å². The van der Waals surface area contributed by atoms with E-state index in [1.54, 1.807) is 6.20 Å². The van der Waals surface area contributed by atoms with E-state index in [-0.39, 0.29) is 0 Å². The molecule has 2 rings (SSSR count). The Labute approximate surface area is 64.8 Å². The molecule has 0 aliphatic carbocycles. The first-order valence-corrected chi connectivity index (χ1v) is 3.49. The summed E-state index contributed by atoms with van der Waals surface area (Å²) in [6.07, 6.45) is 1.80. The molecule has 2 heterocycles. The second-order valence-electron chi connectivity index (χ2n) is 1.82. The van der Waals surface area contributed by atoms with Crippen LogP contribution >= 0.6 is 15.9 Å². The number of H-pyrrole nitrogens is 1. The van der Waals surface area contributed by atoms with Crippen molar-refractivity contribution < 1.29 is 0 Å². The molecule has 0 atom stereocenters. The van der Waals surface area contributed by atoms with Crippen LogP contribution in [-0.4, -0.2) is 20.4 Å². The lowest BCUT2D eigenvalue weighted by molar-refractivity contribution is 0.880. The lowest BCUT2D eigenvalue weighted by Gasteiger charge is -1.86. The van der Waals surface area contributed by atoms with Gasteiger partial charge in [-0.15, -0.1) is 10.2 Å². The van der Waals surface area contributed by atoms with Gasteiger partial charge < -0.3 is 4.98 Å². The summed E-state index contributed by atoms with van der Waals surface area (Å²) in [6, 6.07) is 1.84. The number of hydrogen-bond acceptors (Lipinski definition) is 3. The molecular formula is C5H3BrN4. The van der Waals surface area contributed by atoms with Crippen molar-refractivity contribution in [3.63, 3.8) is 0 Å². The number of fused-ring (bicyclic) bond motifs is 1. The molecule has 1 N–H and O–H groups in total. The van der Waals surface area contributed by atoms with E-state index in [1.165, 1.54) is 0 Å². The standard InChI is InChI=1S/C5H3BrN4/c6-5-4-3(1-2-7-4)8-10-9-5/h1-2,7H. The molecule has 0 aliphatic heterocycles. The van der Waals surface area contributed by atoms with Crippen molar-refractivity contribution in [1.29, 1.82) is 0 Å². The summed E-state index contributed by atoms with van der Waals surface area (Å²) < 4.78 is 0.697. The Balaban J connectivity index is 2.95. The summed E-state index contributed by atoms with van der Waals surface area (Å²) in [6.45, 7) is 0. The van der Waals surface area contributed by atoms with Crippen LogP contribution < -0.4 is 0 Å². The van der Waals surface area contributed by atoms with Gasteiger partial charge in [0.25, 0.3) is 0 Å². The Morgan fingerprint density at radius 2 is 2.30 bits per heavy atom. The monoisotopic (exact) mass is 198 g/mol. The molecule has 0 radical (unpaired) electrons. The highest BCUT2D eigenvalue weighted by Crippen LogP contribution is 2.15. The van der Waals surface area contributed by atoms with Crippen molar-refractivity contribution >= 4 is 27.0 Å². The van der Waals surface area contributed by atoms with Gasteiger partial charge >= 0.3 is 0 Å². The highest BCUT2D eigenvalue weighted by atomic mass is 79.9. The number of aromatic nitrogens is 4. The predicted octanol–water partition coefficient (Wildman–Crippen LogP) is 1.12. The number of rotatable bonds is 0. The molecule has 0 aromatic carbocycles. The second-order valence-corrected chi connectivity index (χ2v) is 2.57. The van der Waals surface area contributed by atoms with Crippen molar-refractivity contribution in [2.24, 2.45) is 0 Å². The fourth-order valence-corrected chi connectivity index (χ4v) is 1.16. The Morgan fingerprint density at radius 3 is 3.10 bits per heavy atom. The van der Waals surface area contributed by atoms with Gasteiger partial charge in [-0.3, -0.25) is 0 Å². The van der Waals surface area contributed by atoms with E-state index < -0.39 is 0 Å². The molecule has 0 aliphatic rings. The lowest BCUT2D eigenvalue weighted by Crippen LogP contribution is -1.86. The first-order valence-electron chi connectivity index (χ1n) is 2.70. The molecule has 0 fully saturated rings. The molecule has 5 heteroatoms. The summed E-state index contributed by atoms with van der Waals surface area (Å²) in [7, 11) is 0. The first kappa shape index (κ1) is 5.79. The van der Waals surface area contributed by atoms with Crippen LogP contribution in [0.2, 0.25) is 0 Å². The van der Waals surface area contributed by atoms with Crippen LogP contribution in [0, 0.1) is 0 Å². The van der Waals surface area contributed by atoms with Gasteiger partial charge in [0.15, 0.2) is 4.60 Å². The van der Waals surface area contributed by atoms with Gasteiger partial charge in [-0.05, 0) is 27.2 Å². The highest BCUT2D eigenvalue weighted by Gasteiger charge is 1.99. The molecule has 0 saturated heterocycles. The quantitative estimate of drug-likeness (QED) is 0.691. The molecular weight excluding hydrogens is 196 g/mol. The van der Waals surface area contributed by atoms with Gasteiger partial charge in [0.2, 0.25) is 0 Å². The van der Waals surface area contributed by atoms with Crippen molar-refractivity contribution in [3.05, 3.63) is 16.9 Å². The van der Waals surface area contributed by atoms with Crippen LogP contribution in [-0.2, 0) is 0 Å². The average Bonchev–Trinajstić information content (AvgIpc) is 2.36. The first-order chi connectivity index (χ1) is 4.88. The van der Waals surface area contributed by atoms with Crippen LogP contribution in [0.3, 0.4) is 0 Å². The Kier molecular flexibility index (Phi) is 1.17. The minimum Gasteiger partial charge on any atom is -0.358 e. The molecule has 0 amide bonds. The van der Waals surface area contributed by atoms with E-state index in [0.29, 0.717) is 4.60 Å².